The van der Waals surface area contributed by atoms with Crippen molar-refractivity contribution in [1.82, 2.24) is 20.0 Å². The van der Waals surface area contributed by atoms with Gasteiger partial charge in [-0.1, -0.05) is 48.0 Å². The molecule has 4 N–H and O–H groups in total. The van der Waals surface area contributed by atoms with Crippen molar-refractivity contribution < 1.29 is 31.6 Å². The number of H-pyrrole nitrogens is 2. The molecular formula is C31H22ClF3N6O6. The number of nitrogens with one attached hydrogen (secondary N) is 4. The molecule has 16 heteroatoms. The lowest BCUT2D eigenvalue weighted by molar-refractivity contribution is -0.137. The second-order valence-corrected chi connectivity index (χ2v) is 10.6. The number of carbonyl (C=O) groups excluding carboxylic acids is 2. The number of alkyl halides is 3. The number of urea groups is 2. The van der Waals surface area contributed by atoms with E-state index in [-0.39, 0.29) is 46.7 Å². The molecular weight excluding hydrogens is 645 g/mol. The summed E-state index contributed by atoms with van der Waals surface area (Å²) in [6, 6.07) is 17.9. The summed E-state index contributed by atoms with van der Waals surface area (Å²) in [6.07, 6.45) is -4.59. The first kappa shape index (κ1) is 31.0. The number of benzene rings is 4. The monoisotopic (exact) mass is 666 g/mol. The molecule has 0 fully saturated rings. The zero-order valence-corrected chi connectivity index (χ0v) is 24.6. The molecule has 0 aliphatic heterocycles. The van der Waals surface area contributed by atoms with E-state index in [0.29, 0.717) is 16.1 Å². The lowest BCUT2D eigenvalue weighted by Gasteiger charge is -2.35. The summed E-state index contributed by atoms with van der Waals surface area (Å²) in [7, 11) is 0. The van der Waals surface area contributed by atoms with Crippen molar-refractivity contribution in [2.75, 3.05) is 10.6 Å². The molecule has 12 nitrogen and oxygen atoms in total. The minimum atomic E-state index is -4.59. The number of anilines is 2. The number of aromatic amines is 2. The number of carbonyl (C=O) groups is 2. The molecule has 240 valence electrons. The Hall–Kier alpha value is -5.96. The first-order valence-electron chi connectivity index (χ1n) is 13.8. The van der Waals surface area contributed by atoms with Crippen LogP contribution in [0.25, 0.3) is 22.2 Å². The highest BCUT2D eigenvalue weighted by molar-refractivity contribution is 6.30. The maximum Gasteiger partial charge on any atom is 0.417 e. The van der Waals surface area contributed by atoms with Crippen LogP contribution in [0, 0.1) is 0 Å². The topological polar surface area (TPSA) is 157 Å². The summed E-state index contributed by atoms with van der Waals surface area (Å²) in [5, 5.41) is 7.73. The van der Waals surface area contributed by atoms with Crippen LogP contribution >= 0.6 is 11.6 Å². The molecule has 0 bridgehead atoms. The van der Waals surface area contributed by atoms with Crippen LogP contribution in [-0.2, 0) is 19.3 Å². The van der Waals surface area contributed by atoms with Crippen molar-refractivity contribution in [3.63, 3.8) is 0 Å². The third kappa shape index (κ3) is 6.84. The van der Waals surface area contributed by atoms with Crippen LogP contribution in [0.1, 0.15) is 16.7 Å². The van der Waals surface area contributed by atoms with Crippen molar-refractivity contribution in [3.05, 3.63) is 128 Å². The predicted molar refractivity (Wildman–Crippen MR) is 166 cm³/mol. The third-order valence-corrected chi connectivity index (χ3v) is 7.26. The first-order valence-corrected chi connectivity index (χ1v) is 14.1. The molecule has 2 aromatic heterocycles. The van der Waals surface area contributed by atoms with Gasteiger partial charge in [0.05, 0.1) is 35.5 Å². The molecule has 0 unspecified atom stereocenters. The molecule has 4 amide bonds. The molecule has 0 atom stereocenters. The number of aromatic nitrogens is 2. The van der Waals surface area contributed by atoms with Gasteiger partial charge in [0.25, 0.3) is 0 Å². The first-order chi connectivity index (χ1) is 22.4. The number of fused-ring (bicyclic) bond motifs is 2. The molecule has 4 aromatic carbocycles. The van der Waals surface area contributed by atoms with Crippen molar-refractivity contribution in [2.24, 2.45) is 0 Å². The van der Waals surface area contributed by atoms with E-state index >= 15 is 0 Å². The molecule has 2 heterocycles. The Morgan fingerprint density at radius 2 is 1.28 bits per heavy atom. The zero-order chi connectivity index (χ0) is 33.3. The lowest BCUT2D eigenvalue weighted by Crippen LogP contribution is -2.52. The number of hydrogen-bond acceptors (Lipinski definition) is 6. The van der Waals surface area contributed by atoms with E-state index in [1.165, 1.54) is 36.4 Å². The fraction of sp³-hybridized carbons (Fsp3) is 0.0968. The number of halogens is 4. The van der Waals surface area contributed by atoms with Crippen LogP contribution in [0.4, 0.5) is 34.1 Å². The van der Waals surface area contributed by atoms with Gasteiger partial charge in [-0.3, -0.25) is 9.97 Å². The van der Waals surface area contributed by atoms with Gasteiger partial charge in [0.15, 0.2) is 11.2 Å². The molecule has 6 aromatic rings. The van der Waals surface area contributed by atoms with E-state index in [4.69, 9.17) is 20.4 Å². The maximum atomic E-state index is 14.1. The number of hydrazine groups is 1. The van der Waals surface area contributed by atoms with Crippen LogP contribution < -0.4 is 22.1 Å². The SMILES string of the molecule is O=C(Nc1cccc2oc(=O)[nH]c12)N(Cc1ccc(Cl)cc1)N(Cc1ccc(C(F)(F)F)cc1)C(=O)Nc1cccc2[nH]c(=O)oc12. The van der Waals surface area contributed by atoms with E-state index < -0.39 is 35.3 Å². The smallest absolute Gasteiger partial charge is 0.408 e. The second kappa shape index (κ2) is 12.4. The van der Waals surface area contributed by atoms with Gasteiger partial charge in [0.1, 0.15) is 5.52 Å². The molecule has 0 saturated heterocycles. The van der Waals surface area contributed by atoms with Gasteiger partial charge in [-0.2, -0.15) is 13.2 Å². The molecule has 0 radical (unpaired) electrons. The van der Waals surface area contributed by atoms with Crippen molar-refractivity contribution >= 4 is 57.2 Å². The van der Waals surface area contributed by atoms with Gasteiger partial charge in [-0.25, -0.2) is 29.2 Å². The number of nitrogens with zero attached hydrogens (tertiary/aromatic N) is 2. The van der Waals surface area contributed by atoms with Gasteiger partial charge in [-0.15, -0.1) is 0 Å². The maximum absolute atomic E-state index is 14.1. The number of para-hydroxylation sites is 2. The van der Waals surface area contributed by atoms with E-state index in [2.05, 4.69) is 20.6 Å². The summed E-state index contributed by atoms with van der Waals surface area (Å²) in [4.78, 5) is 56.8. The number of oxazole rings is 2. The quantitative estimate of drug-likeness (QED) is 0.142. The Labute approximate surface area is 266 Å². The lowest BCUT2D eigenvalue weighted by atomic mass is 10.1. The summed E-state index contributed by atoms with van der Waals surface area (Å²) in [5.74, 6) is -1.52. The summed E-state index contributed by atoms with van der Waals surface area (Å²) >= 11 is 6.06. The minimum absolute atomic E-state index is 0.0321. The summed E-state index contributed by atoms with van der Waals surface area (Å²) in [6.45, 7) is -0.608. The van der Waals surface area contributed by atoms with Gasteiger partial charge < -0.3 is 19.5 Å². The molecule has 0 spiro atoms. The van der Waals surface area contributed by atoms with Crippen LogP contribution in [-0.4, -0.2) is 32.0 Å². The molecule has 47 heavy (non-hydrogen) atoms. The van der Waals surface area contributed by atoms with Crippen LogP contribution in [0.2, 0.25) is 5.02 Å². The highest BCUT2D eigenvalue weighted by Crippen LogP contribution is 2.30. The van der Waals surface area contributed by atoms with Crippen molar-refractivity contribution in [2.45, 2.75) is 19.3 Å². The minimum Gasteiger partial charge on any atom is -0.408 e. The Morgan fingerprint density at radius 3 is 1.91 bits per heavy atom. The van der Waals surface area contributed by atoms with Gasteiger partial charge in [-0.05, 0) is 59.7 Å². The largest absolute Gasteiger partial charge is 0.417 e. The Balaban J connectivity index is 1.41. The second-order valence-electron chi connectivity index (χ2n) is 10.2. The summed E-state index contributed by atoms with van der Waals surface area (Å²) in [5.41, 5.74) is 0.777. The molecule has 0 saturated carbocycles. The van der Waals surface area contributed by atoms with Crippen molar-refractivity contribution in [3.8, 4) is 0 Å². The van der Waals surface area contributed by atoms with E-state index in [1.54, 1.807) is 36.4 Å². The number of hydrogen-bond donors (Lipinski definition) is 4. The van der Waals surface area contributed by atoms with Gasteiger partial charge >= 0.3 is 29.8 Å². The highest BCUT2D eigenvalue weighted by Gasteiger charge is 2.31. The highest BCUT2D eigenvalue weighted by atomic mass is 35.5. The van der Waals surface area contributed by atoms with Crippen LogP contribution in [0.3, 0.4) is 0 Å². The third-order valence-electron chi connectivity index (χ3n) is 7.01. The molecule has 0 aliphatic rings. The zero-order valence-electron chi connectivity index (χ0n) is 23.9. The molecule has 6 rings (SSSR count). The van der Waals surface area contributed by atoms with E-state index in [0.717, 1.165) is 22.2 Å². The number of rotatable bonds is 6. The predicted octanol–water partition coefficient (Wildman–Crippen LogP) is 6.91. The van der Waals surface area contributed by atoms with E-state index in [1.807, 2.05) is 0 Å². The fourth-order valence-corrected chi connectivity index (χ4v) is 4.90. The van der Waals surface area contributed by atoms with Crippen LogP contribution in [0.5, 0.6) is 0 Å². The Morgan fingerprint density at radius 1 is 0.723 bits per heavy atom. The average molecular weight is 667 g/mol. The Bertz CT molecular complexity index is 2210. The van der Waals surface area contributed by atoms with Gasteiger partial charge in [0, 0.05) is 5.02 Å². The molecule has 0 aliphatic carbocycles. The standard InChI is InChI=1S/C31H22ClF3N6O6/c32-20-13-9-18(10-14-20)16-40(27(42)36-21-3-2-6-24-25(21)39-30(45)46-24)41(15-17-7-11-19(12-8-17)31(33,34)35)28(43)37-22-4-1-5-23-26(22)47-29(44)38-23/h1-14H,15-16H2,(H,36,42)(H,37,43)(H,38,44)(H,39,45). The van der Waals surface area contributed by atoms with Gasteiger partial charge in [0.2, 0.25) is 0 Å². The average Bonchev–Trinajstić information content (AvgIpc) is 3.61. The normalized spacial score (nSPS) is 11.5. The summed E-state index contributed by atoms with van der Waals surface area (Å²) < 4.78 is 50.2. The fourth-order valence-electron chi connectivity index (χ4n) is 4.78. The van der Waals surface area contributed by atoms with Crippen molar-refractivity contribution in [1.29, 1.82) is 0 Å². The van der Waals surface area contributed by atoms with E-state index in [9.17, 15) is 32.3 Å². The van der Waals surface area contributed by atoms with Crippen LogP contribution in [0.15, 0.2) is 103 Å². The number of amides is 4. The Kier molecular flexibility index (Phi) is 8.22.